The van der Waals surface area contributed by atoms with Crippen LogP contribution in [0.2, 0.25) is 0 Å². The molecule has 1 rings (SSSR count). The van der Waals surface area contributed by atoms with Crippen LogP contribution < -0.4 is 5.32 Å². The quantitative estimate of drug-likeness (QED) is 0.466. The van der Waals surface area contributed by atoms with Crippen molar-refractivity contribution in [1.29, 1.82) is 0 Å². The molecule has 0 amide bonds. The predicted octanol–water partition coefficient (Wildman–Crippen LogP) is 2.38. The van der Waals surface area contributed by atoms with Gasteiger partial charge in [-0.1, -0.05) is 13.8 Å². The van der Waals surface area contributed by atoms with Crippen molar-refractivity contribution in [2.75, 3.05) is 19.5 Å². The molecular weight excluding hydrogens is 304 g/mol. The van der Waals surface area contributed by atoms with E-state index in [1.165, 1.54) is 26.4 Å². The summed E-state index contributed by atoms with van der Waals surface area (Å²) in [5, 5.41) is 14.1. The summed E-state index contributed by atoms with van der Waals surface area (Å²) in [7, 11) is 2.45. The number of nitro groups is 1. The molecule has 0 fully saturated rings. The van der Waals surface area contributed by atoms with Crippen LogP contribution in [-0.2, 0) is 14.3 Å². The van der Waals surface area contributed by atoms with Gasteiger partial charge in [-0.15, -0.1) is 0 Å². The van der Waals surface area contributed by atoms with Gasteiger partial charge in [-0.2, -0.15) is 0 Å². The number of ether oxygens (including phenoxy) is 2. The van der Waals surface area contributed by atoms with Crippen molar-refractivity contribution in [1.82, 2.24) is 0 Å². The van der Waals surface area contributed by atoms with Gasteiger partial charge in [-0.25, -0.2) is 9.59 Å². The minimum absolute atomic E-state index is 0.0585. The third kappa shape index (κ3) is 4.94. The van der Waals surface area contributed by atoms with Crippen molar-refractivity contribution in [3.8, 4) is 0 Å². The molecule has 0 saturated carbocycles. The lowest BCUT2D eigenvalue weighted by atomic mass is 10.0. The zero-order chi connectivity index (χ0) is 17.6. The number of nitrogens with one attached hydrogen (secondary N) is 1. The summed E-state index contributed by atoms with van der Waals surface area (Å²) in [5.41, 5.74) is -0.118. The van der Waals surface area contributed by atoms with Gasteiger partial charge in [0.2, 0.25) is 0 Å². The van der Waals surface area contributed by atoms with Crippen molar-refractivity contribution in [2.24, 2.45) is 5.92 Å². The number of nitrogens with zero attached hydrogens (tertiary/aromatic N) is 1. The maximum atomic E-state index is 11.8. The summed E-state index contributed by atoms with van der Waals surface area (Å²) in [6.45, 7) is 3.85. The van der Waals surface area contributed by atoms with Crippen LogP contribution in [0.3, 0.4) is 0 Å². The molecule has 0 aliphatic rings. The molecule has 0 aliphatic carbocycles. The van der Waals surface area contributed by atoms with Gasteiger partial charge in [0, 0.05) is 6.07 Å². The molecule has 0 unspecified atom stereocenters. The van der Waals surface area contributed by atoms with Crippen molar-refractivity contribution < 1.29 is 24.0 Å². The summed E-state index contributed by atoms with van der Waals surface area (Å²) < 4.78 is 9.26. The van der Waals surface area contributed by atoms with Crippen LogP contribution in [0.1, 0.15) is 30.6 Å². The molecule has 8 nitrogen and oxygen atoms in total. The van der Waals surface area contributed by atoms with Gasteiger partial charge < -0.3 is 14.8 Å². The standard InChI is InChI=1S/C15H20N2O6/c1-9(2)7-12(15(19)23-4)16-11-6-5-10(14(18)22-3)8-13(11)17(20)21/h5-6,8-9,12,16H,7H2,1-4H3/t12-/m0/s1. The minimum Gasteiger partial charge on any atom is -0.467 e. The van der Waals surface area contributed by atoms with Crippen LogP contribution in [0.5, 0.6) is 0 Å². The molecule has 0 spiro atoms. The minimum atomic E-state index is -0.720. The van der Waals surface area contributed by atoms with Crippen LogP contribution in [0.25, 0.3) is 0 Å². The highest BCUT2D eigenvalue weighted by Crippen LogP contribution is 2.27. The lowest BCUT2D eigenvalue weighted by Crippen LogP contribution is -2.32. The monoisotopic (exact) mass is 324 g/mol. The smallest absolute Gasteiger partial charge is 0.338 e. The Morgan fingerprint density at radius 1 is 1.26 bits per heavy atom. The Bertz CT molecular complexity index is 600. The number of esters is 2. The van der Waals surface area contributed by atoms with Crippen molar-refractivity contribution in [3.05, 3.63) is 33.9 Å². The summed E-state index contributed by atoms with van der Waals surface area (Å²) in [4.78, 5) is 33.9. The fourth-order valence-electron chi connectivity index (χ4n) is 2.07. The zero-order valence-corrected chi connectivity index (χ0v) is 13.5. The molecule has 0 saturated heterocycles. The number of hydrogen-bond acceptors (Lipinski definition) is 7. The van der Waals surface area contributed by atoms with Crippen LogP contribution >= 0.6 is 0 Å². The third-order valence-electron chi connectivity index (χ3n) is 3.14. The maximum absolute atomic E-state index is 11.8. The van der Waals surface area contributed by atoms with Crippen LogP contribution in [0, 0.1) is 16.0 Å². The van der Waals surface area contributed by atoms with E-state index in [0.29, 0.717) is 6.42 Å². The van der Waals surface area contributed by atoms with E-state index in [1.54, 1.807) is 0 Å². The highest BCUT2D eigenvalue weighted by molar-refractivity contribution is 5.91. The average Bonchev–Trinajstić information content (AvgIpc) is 2.52. The number of methoxy groups -OCH3 is 2. The summed E-state index contributed by atoms with van der Waals surface area (Å²) in [6.07, 6.45) is 0.447. The Balaban J connectivity index is 3.16. The molecule has 0 heterocycles. The number of carbonyl (C=O) groups excluding carboxylic acids is 2. The number of rotatable bonds is 7. The van der Waals surface area contributed by atoms with E-state index in [4.69, 9.17) is 4.74 Å². The highest BCUT2D eigenvalue weighted by atomic mass is 16.6. The Morgan fingerprint density at radius 3 is 2.39 bits per heavy atom. The lowest BCUT2D eigenvalue weighted by Gasteiger charge is -2.19. The fourth-order valence-corrected chi connectivity index (χ4v) is 2.07. The molecule has 1 N–H and O–H groups in total. The van der Waals surface area contributed by atoms with E-state index in [0.717, 1.165) is 6.07 Å². The van der Waals surface area contributed by atoms with Gasteiger partial charge in [0.05, 0.1) is 24.7 Å². The van der Waals surface area contributed by atoms with Crippen LogP contribution in [0.15, 0.2) is 18.2 Å². The van der Waals surface area contributed by atoms with Gasteiger partial charge in [0.1, 0.15) is 11.7 Å². The Hall–Kier alpha value is -2.64. The first-order chi connectivity index (χ1) is 10.8. The Labute approximate surface area is 133 Å². The van der Waals surface area contributed by atoms with Crippen molar-refractivity contribution in [2.45, 2.75) is 26.3 Å². The largest absolute Gasteiger partial charge is 0.467 e. The van der Waals surface area contributed by atoms with E-state index in [-0.39, 0.29) is 22.9 Å². The van der Waals surface area contributed by atoms with Gasteiger partial charge in [0.25, 0.3) is 5.69 Å². The summed E-state index contributed by atoms with van der Waals surface area (Å²) in [5.74, 6) is -1.00. The fraction of sp³-hybridized carbons (Fsp3) is 0.467. The second-order valence-corrected chi connectivity index (χ2v) is 5.33. The van der Waals surface area contributed by atoms with E-state index >= 15 is 0 Å². The van der Waals surface area contributed by atoms with Crippen molar-refractivity contribution >= 4 is 23.3 Å². The van der Waals surface area contributed by atoms with E-state index in [9.17, 15) is 19.7 Å². The molecule has 1 atom stereocenters. The van der Waals surface area contributed by atoms with E-state index in [2.05, 4.69) is 10.1 Å². The van der Waals surface area contributed by atoms with Crippen LogP contribution in [0.4, 0.5) is 11.4 Å². The molecule has 0 radical (unpaired) electrons. The maximum Gasteiger partial charge on any atom is 0.338 e. The Morgan fingerprint density at radius 2 is 1.91 bits per heavy atom. The van der Waals surface area contributed by atoms with Gasteiger partial charge in [-0.3, -0.25) is 10.1 Å². The normalized spacial score (nSPS) is 11.7. The summed E-state index contributed by atoms with van der Waals surface area (Å²) >= 11 is 0. The molecule has 0 bridgehead atoms. The number of nitro benzene ring substituents is 1. The van der Waals surface area contributed by atoms with Gasteiger partial charge in [-0.05, 0) is 24.5 Å². The topological polar surface area (TPSA) is 108 Å². The molecule has 0 aromatic heterocycles. The van der Waals surface area contributed by atoms with E-state index in [1.807, 2.05) is 13.8 Å². The molecule has 126 valence electrons. The SMILES string of the molecule is COC(=O)c1ccc(N[C@@H](CC(C)C)C(=O)OC)c([N+](=O)[O-])c1. The number of anilines is 1. The molecule has 0 aliphatic heterocycles. The highest BCUT2D eigenvalue weighted by Gasteiger charge is 2.25. The van der Waals surface area contributed by atoms with E-state index < -0.39 is 22.9 Å². The third-order valence-corrected chi connectivity index (χ3v) is 3.14. The Kier molecular flexibility index (Phi) is 6.49. The molecule has 1 aromatic rings. The average molecular weight is 324 g/mol. The molecule has 8 heteroatoms. The second kappa shape index (κ2) is 8.11. The van der Waals surface area contributed by atoms with Gasteiger partial charge in [0.15, 0.2) is 0 Å². The molecule has 23 heavy (non-hydrogen) atoms. The molecular formula is C15H20N2O6. The second-order valence-electron chi connectivity index (χ2n) is 5.33. The zero-order valence-electron chi connectivity index (χ0n) is 13.5. The lowest BCUT2D eigenvalue weighted by molar-refractivity contribution is -0.384. The summed E-state index contributed by atoms with van der Waals surface area (Å²) in [6, 6.07) is 3.16. The van der Waals surface area contributed by atoms with Crippen molar-refractivity contribution in [3.63, 3.8) is 0 Å². The first-order valence-electron chi connectivity index (χ1n) is 7.01. The number of hydrogen-bond donors (Lipinski definition) is 1. The number of carbonyl (C=O) groups is 2. The first kappa shape index (κ1) is 18.4. The molecule has 1 aromatic carbocycles. The van der Waals surface area contributed by atoms with Crippen LogP contribution in [-0.4, -0.2) is 37.1 Å². The predicted molar refractivity (Wildman–Crippen MR) is 83.3 cm³/mol. The number of benzene rings is 1. The first-order valence-corrected chi connectivity index (χ1v) is 7.01. The van der Waals surface area contributed by atoms with Gasteiger partial charge >= 0.3 is 11.9 Å².